The fourth-order valence-electron chi connectivity index (χ4n) is 3.16. The first kappa shape index (κ1) is 19.8. The van der Waals surface area contributed by atoms with Crippen LogP contribution in [0.15, 0.2) is 54.6 Å². The van der Waals surface area contributed by atoms with E-state index in [-0.39, 0.29) is 5.56 Å². The maximum Gasteiger partial charge on any atom is 0.339 e. The van der Waals surface area contributed by atoms with Crippen LogP contribution in [0.5, 0.6) is 0 Å². The molecule has 0 spiro atoms. The van der Waals surface area contributed by atoms with E-state index < -0.39 is 24.2 Å². The summed E-state index contributed by atoms with van der Waals surface area (Å²) in [4.78, 5) is 35.1. The number of pyridine rings is 1. The summed E-state index contributed by atoms with van der Waals surface area (Å²) >= 11 is 1.50. The van der Waals surface area contributed by atoms with E-state index in [1.165, 1.54) is 35.6 Å². The third kappa shape index (κ3) is 3.97. The molecule has 0 aliphatic heterocycles. The van der Waals surface area contributed by atoms with Gasteiger partial charge in [-0.15, -0.1) is 11.3 Å². The molecule has 2 aromatic carbocycles. The van der Waals surface area contributed by atoms with Gasteiger partial charge in [0.25, 0.3) is 0 Å². The number of Topliss-reactive ketones (excluding diaryl/α,β-unsaturated/α-hetero) is 1. The van der Waals surface area contributed by atoms with Gasteiger partial charge in [0, 0.05) is 10.9 Å². The number of esters is 1. The Morgan fingerprint density at radius 1 is 1.03 bits per heavy atom. The highest BCUT2D eigenvalue weighted by Crippen LogP contribution is 2.31. The summed E-state index contributed by atoms with van der Waals surface area (Å²) in [5.74, 6) is -1.46. The number of fused-ring (bicyclic) bond motifs is 1. The summed E-state index contributed by atoms with van der Waals surface area (Å²) in [5.41, 5.74) is 2.73. The van der Waals surface area contributed by atoms with Crippen LogP contribution >= 0.6 is 11.3 Å². The lowest BCUT2D eigenvalue weighted by molar-refractivity contribution is 0.0476. The third-order valence-electron chi connectivity index (χ3n) is 4.57. The number of para-hydroxylation sites is 1. The number of ketones is 1. The first-order chi connectivity index (χ1) is 14.4. The molecule has 0 bridgehead atoms. The highest BCUT2D eigenvalue weighted by atomic mass is 32.1. The topological polar surface area (TPSA) is 69.2 Å². The second-order valence-electron chi connectivity index (χ2n) is 6.73. The number of hydrogen-bond acceptors (Lipinski definition) is 6. The molecule has 5 nitrogen and oxygen atoms in total. The number of rotatable bonds is 5. The summed E-state index contributed by atoms with van der Waals surface area (Å²) in [7, 11) is 0. The van der Waals surface area contributed by atoms with E-state index in [1.807, 2.05) is 32.0 Å². The van der Waals surface area contributed by atoms with Gasteiger partial charge >= 0.3 is 5.97 Å². The molecule has 150 valence electrons. The Bertz CT molecular complexity index is 1270. The van der Waals surface area contributed by atoms with Crippen LogP contribution in [0.1, 0.15) is 31.4 Å². The first-order valence-corrected chi connectivity index (χ1v) is 10.0. The fourth-order valence-corrected chi connectivity index (χ4v) is 4.04. The third-order valence-corrected chi connectivity index (χ3v) is 5.67. The van der Waals surface area contributed by atoms with Crippen molar-refractivity contribution in [1.29, 1.82) is 0 Å². The van der Waals surface area contributed by atoms with E-state index in [0.29, 0.717) is 22.2 Å². The summed E-state index contributed by atoms with van der Waals surface area (Å²) in [5, 5.41) is 1.55. The Labute approximate surface area is 176 Å². The normalized spacial score (nSPS) is 10.9. The minimum Gasteiger partial charge on any atom is -0.454 e. The standard InChI is InChI=1S/C23H17FN2O3S/c1-13-22(30-14(2)25-13)20-11-18(17-5-3-4-6-19(17)26-20)23(28)29-12-21(27)15-7-9-16(24)10-8-15/h3-11H,12H2,1-2H3. The summed E-state index contributed by atoms with van der Waals surface area (Å²) in [6.45, 7) is 3.38. The summed E-state index contributed by atoms with van der Waals surface area (Å²) < 4.78 is 18.3. The predicted molar refractivity (Wildman–Crippen MR) is 113 cm³/mol. The molecule has 4 aromatic rings. The van der Waals surface area contributed by atoms with E-state index in [0.717, 1.165) is 15.6 Å². The van der Waals surface area contributed by atoms with Crippen molar-refractivity contribution in [2.24, 2.45) is 0 Å². The van der Waals surface area contributed by atoms with Crippen LogP contribution in [0.4, 0.5) is 4.39 Å². The Kier molecular flexibility index (Phi) is 5.37. The van der Waals surface area contributed by atoms with Crippen LogP contribution in [0.3, 0.4) is 0 Å². The predicted octanol–water partition coefficient (Wildman–Crippen LogP) is 5.15. The molecule has 0 unspecified atom stereocenters. The van der Waals surface area contributed by atoms with Crippen molar-refractivity contribution in [3.8, 4) is 10.6 Å². The lowest BCUT2D eigenvalue weighted by Gasteiger charge is -2.09. The van der Waals surface area contributed by atoms with Gasteiger partial charge in [-0.05, 0) is 50.2 Å². The van der Waals surface area contributed by atoms with Crippen molar-refractivity contribution in [2.75, 3.05) is 6.61 Å². The van der Waals surface area contributed by atoms with Crippen LogP contribution < -0.4 is 0 Å². The van der Waals surface area contributed by atoms with E-state index in [2.05, 4.69) is 9.97 Å². The molecule has 2 aromatic heterocycles. The van der Waals surface area contributed by atoms with Crippen molar-refractivity contribution in [2.45, 2.75) is 13.8 Å². The number of halogens is 1. The fraction of sp³-hybridized carbons (Fsp3) is 0.130. The van der Waals surface area contributed by atoms with Gasteiger partial charge in [-0.1, -0.05) is 18.2 Å². The molecule has 0 atom stereocenters. The quantitative estimate of drug-likeness (QED) is 0.330. The molecule has 0 N–H and O–H groups in total. The zero-order valence-corrected chi connectivity index (χ0v) is 17.1. The molecule has 0 aliphatic carbocycles. The smallest absolute Gasteiger partial charge is 0.339 e. The second-order valence-corrected chi connectivity index (χ2v) is 7.93. The maximum atomic E-state index is 13.0. The monoisotopic (exact) mass is 420 g/mol. The number of thiazole rings is 1. The van der Waals surface area contributed by atoms with Crippen molar-refractivity contribution in [3.63, 3.8) is 0 Å². The Morgan fingerprint density at radius 3 is 2.47 bits per heavy atom. The summed E-state index contributed by atoms with van der Waals surface area (Å²) in [6, 6.07) is 14.0. The van der Waals surface area contributed by atoms with Gasteiger partial charge in [-0.25, -0.2) is 19.2 Å². The molecule has 0 radical (unpaired) electrons. The molecular weight excluding hydrogens is 403 g/mol. The van der Waals surface area contributed by atoms with Gasteiger partial charge in [-0.2, -0.15) is 0 Å². The lowest BCUT2D eigenvalue weighted by Crippen LogP contribution is -2.15. The number of hydrogen-bond donors (Lipinski definition) is 0. The minimum absolute atomic E-state index is 0.278. The highest BCUT2D eigenvalue weighted by Gasteiger charge is 2.19. The van der Waals surface area contributed by atoms with E-state index in [4.69, 9.17) is 4.74 Å². The van der Waals surface area contributed by atoms with Crippen molar-refractivity contribution >= 4 is 34.0 Å². The van der Waals surface area contributed by atoms with Gasteiger partial charge in [0.05, 0.1) is 32.4 Å². The lowest BCUT2D eigenvalue weighted by atomic mass is 10.1. The number of nitrogens with zero attached hydrogens (tertiary/aromatic N) is 2. The van der Waals surface area contributed by atoms with Gasteiger partial charge in [-0.3, -0.25) is 4.79 Å². The van der Waals surface area contributed by atoms with E-state index in [9.17, 15) is 14.0 Å². The van der Waals surface area contributed by atoms with E-state index in [1.54, 1.807) is 12.1 Å². The molecule has 0 aliphatic rings. The van der Waals surface area contributed by atoms with Crippen LogP contribution in [0.2, 0.25) is 0 Å². The number of carbonyl (C=O) groups excluding carboxylic acids is 2. The SMILES string of the molecule is Cc1nc(C)c(-c2cc(C(=O)OCC(=O)c3ccc(F)cc3)c3ccccc3n2)s1. The molecule has 7 heteroatoms. The molecule has 0 amide bonds. The Morgan fingerprint density at radius 2 is 1.77 bits per heavy atom. The van der Waals surface area contributed by atoms with Gasteiger partial charge in [0.1, 0.15) is 5.82 Å². The average Bonchev–Trinajstić information content (AvgIpc) is 3.09. The van der Waals surface area contributed by atoms with Gasteiger partial charge in [0.2, 0.25) is 0 Å². The van der Waals surface area contributed by atoms with Crippen molar-refractivity contribution in [1.82, 2.24) is 9.97 Å². The second kappa shape index (κ2) is 8.12. The van der Waals surface area contributed by atoms with Crippen LogP contribution in [-0.2, 0) is 4.74 Å². The highest BCUT2D eigenvalue weighted by molar-refractivity contribution is 7.15. The number of aryl methyl sites for hydroxylation is 2. The molecule has 4 rings (SSSR count). The van der Waals surface area contributed by atoms with Gasteiger partial charge in [0.15, 0.2) is 12.4 Å². The molecule has 30 heavy (non-hydrogen) atoms. The minimum atomic E-state index is -0.621. The number of ether oxygens (including phenoxy) is 1. The van der Waals surface area contributed by atoms with Crippen molar-refractivity contribution < 1.29 is 18.7 Å². The molecule has 0 saturated heterocycles. The first-order valence-electron chi connectivity index (χ1n) is 9.22. The zero-order valence-electron chi connectivity index (χ0n) is 16.3. The van der Waals surface area contributed by atoms with E-state index >= 15 is 0 Å². The van der Waals surface area contributed by atoms with Crippen molar-refractivity contribution in [3.05, 3.63) is 82.2 Å². The van der Waals surface area contributed by atoms with Gasteiger partial charge < -0.3 is 4.74 Å². The van der Waals surface area contributed by atoms with Crippen LogP contribution in [0.25, 0.3) is 21.5 Å². The number of benzene rings is 2. The Balaban J connectivity index is 1.65. The number of carbonyl (C=O) groups is 2. The average molecular weight is 420 g/mol. The molecular formula is C23H17FN2O3S. The summed E-state index contributed by atoms with van der Waals surface area (Å²) in [6.07, 6.45) is 0. The Hall–Kier alpha value is -3.45. The molecule has 0 saturated carbocycles. The zero-order chi connectivity index (χ0) is 21.3. The number of aromatic nitrogens is 2. The molecule has 0 fully saturated rings. The van der Waals surface area contributed by atoms with Crippen LogP contribution in [-0.4, -0.2) is 28.3 Å². The maximum absolute atomic E-state index is 13.0. The largest absolute Gasteiger partial charge is 0.454 e. The van der Waals surface area contributed by atoms with Crippen LogP contribution in [0, 0.1) is 19.7 Å². The molecule has 2 heterocycles.